The van der Waals surface area contributed by atoms with E-state index in [2.05, 4.69) is 6.92 Å². The van der Waals surface area contributed by atoms with Gasteiger partial charge in [0.2, 0.25) is 0 Å². The number of aryl methyl sites for hydroxylation is 1. The first-order chi connectivity index (χ1) is 10.2. The molecule has 0 radical (unpaired) electrons. The number of benzene rings is 1. The normalized spacial score (nSPS) is 20.9. The fraction of sp³-hybridized carbons (Fsp3) is 0.588. The van der Waals surface area contributed by atoms with Gasteiger partial charge < -0.3 is 14.4 Å². The van der Waals surface area contributed by atoms with Gasteiger partial charge in [0.05, 0.1) is 17.6 Å². The van der Waals surface area contributed by atoms with E-state index in [1.165, 1.54) is 5.56 Å². The Labute approximate surface area is 133 Å². The lowest BCUT2D eigenvalue weighted by Crippen LogP contribution is -2.41. The van der Waals surface area contributed by atoms with Crippen molar-refractivity contribution in [2.24, 2.45) is 0 Å². The van der Waals surface area contributed by atoms with Crippen LogP contribution in [0.3, 0.4) is 0 Å². The van der Waals surface area contributed by atoms with Crippen LogP contribution in [0, 0.1) is 0 Å². The maximum absolute atomic E-state index is 11.3. The SMILES string of the molecule is CCc1ccc(C(CC(=O)O)B2OC(C)(C)C(C)(C)O2)cc1. The van der Waals surface area contributed by atoms with Crippen LogP contribution >= 0.6 is 0 Å². The zero-order valence-electron chi connectivity index (χ0n) is 14.1. The Morgan fingerprint density at radius 3 is 2.05 bits per heavy atom. The van der Waals surface area contributed by atoms with Crippen LogP contribution in [0.5, 0.6) is 0 Å². The summed E-state index contributed by atoms with van der Waals surface area (Å²) in [5.41, 5.74) is 1.25. The highest BCUT2D eigenvalue weighted by molar-refractivity contribution is 6.48. The molecule has 1 aromatic carbocycles. The van der Waals surface area contributed by atoms with Crippen LogP contribution in [0.2, 0.25) is 0 Å². The van der Waals surface area contributed by atoms with Gasteiger partial charge in [0.25, 0.3) is 0 Å². The van der Waals surface area contributed by atoms with Crippen molar-refractivity contribution < 1.29 is 19.2 Å². The summed E-state index contributed by atoms with van der Waals surface area (Å²) in [6, 6.07) is 8.04. The Kier molecular flexibility index (Phi) is 4.69. The molecule has 2 rings (SSSR count). The first kappa shape index (κ1) is 17.0. The van der Waals surface area contributed by atoms with E-state index in [-0.39, 0.29) is 12.2 Å². The highest BCUT2D eigenvalue weighted by atomic mass is 16.7. The number of aliphatic carboxylic acids is 1. The van der Waals surface area contributed by atoms with Crippen molar-refractivity contribution in [3.63, 3.8) is 0 Å². The Morgan fingerprint density at radius 2 is 1.64 bits per heavy atom. The highest BCUT2D eigenvalue weighted by Gasteiger charge is 2.54. The molecular weight excluding hydrogens is 279 g/mol. The molecule has 1 aromatic rings. The van der Waals surface area contributed by atoms with Crippen molar-refractivity contribution in [1.82, 2.24) is 0 Å². The molecule has 1 atom stereocenters. The molecule has 0 saturated carbocycles. The van der Waals surface area contributed by atoms with E-state index >= 15 is 0 Å². The first-order valence-corrected chi connectivity index (χ1v) is 7.82. The molecule has 0 spiro atoms. The maximum Gasteiger partial charge on any atom is 0.466 e. The Hall–Kier alpha value is -1.33. The molecule has 1 unspecified atom stereocenters. The average molecular weight is 304 g/mol. The van der Waals surface area contributed by atoms with E-state index in [4.69, 9.17) is 9.31 Å². The molecular formula is C17H25BO4. The van der Waals surface area contributed by atoms with Crippen molar-refractivity contribution in [2.45, 2.75) is 64.5 Å². The van der Waals surface area contributed by atoms with Crippen LogP contribution in [-0.4, -0.2) is 29.4 Å². The standard InChI is InChI=1S/C17H25BO4/c1-6-12-7-9-13(10-8-12)14(11-15(19)20)18-21-16(2,3)17(4,5)22-18/h7-10,14H,6,11H2,1-5H3,(H,19,20). The molecule has 0 amide bonds. The summed E-state index contributed by atoms with van der Waals surface area (Å²) in [6.07, 6.45) is 0.947. The fourth-order valence-corrected chi connectivity index (χ4v) is 2.61. The second-order valence-corrected chi connectivity index (χ2v) is 6.92. The second kappa shape index (κ2) is 6.05. The van der Waals surface area contributed by atoms with Crippen LogP contribution in [0.15, 0.2) is 24.3 Å². The van der Waals surface area contributed by atoms with E-state index in [1.54, 1.807) is 0 Å². The van der Waals surface area contributed by atoms with Gasteiger partial charge in [-0.15, -0.1) is 0 Å². The lowest BCUT2D eigenvalue weighted by Gasteiger charge is -2.32. The van der Waals surface area contributed by atoms with E-state index in [1.807, 2.05) is 52.0 Å². The molecule has 0 aliphatic carbocycles. The van der Waals surface area contributed by atoms with Gasteiger partial charge >= 0.3 is 13.1 Å². The van der Waals surface area contributed by atoms with E-state index in [0.717, 1.165) is 12.0 Å². The number of carboxylic acids is 1. The van der Waals surface area contributed by atoms with Gasteiger partial charge in [0, 0.05) is 5.82 Å². The van der Waals surface area contributed by atoms with E-state index in [0.29, 0.717) is 0 Å². The molecule has 1 fully saturated rings. The van der Waals surface area contributed by atoms with Crippen LogP contribution in [-0.2, 0) is 20.5 Å². The smallest absolute Gasteiger partial charge is 0.466 e. The summed E-state index contributed by atoms with van der Waals surface area (Å²) in [6.45, 7) is 10.0. The van der Waals surface area contributed by atoms with Crippen molar-refractivity contribution in [3.8, 4) is 0 Å². The van der Waals surface area contributed by atoms with Crippen LogP contribution in [0.4, 0.5) is 0 Å². The van der Waals surface area contributed by atoms with Gasteiger partial charge in [-0.05, 0) is 45.2 Å². The lowest BCUT2D eigenvalue weighted by atomic mass is 9.66. The van der Waals surface area contributed by atoms with E-state index in [9.17, 15) is 9.90 Å². The minimum Gasteiger partial charge on any atom is -0.481 e. The summed E-state index contributed by atoms with van der Waals surface area (Å²) < 4.78 is 12.1. The Balaban J connectivity index is 2.29. The molecule has 1 saturated heterocycles. The molecule has 1 N–H and O–H groups in total. The van der Waals surface area contributed by atoms with Crippen molar-refractivity contribution >= 4 is 13.1 Å². The zero-order chi connectivity index (χ0) is 16.5. The molecule has 22 heavy (non-hydrogen) atoms. The number of carbonyl (C=O) groups is 1. The van der Waals surface area contributed by atoms with Gasteiger partial charge in [-0.25, -0.2) is 0 Å². The number of carboxylic acid groups (broad SMARTS) is 1. The molecule has 5 heteroatoms. The monoisotopic (exact) mass is 304 g/mol. The van der Waals surface area contributed by atoms with Gasteiger partial charge in [0.1, 0.15) is 0 Å². The number of hydrogen-bond donors (Lipinski definition) is 1. The topological polar surface area (TPSA) is 55.8 Å². The minimum absolute atomic E-state index is 0.0116. The summed E-state index contributed by atoms with van der Waals surface area (Å²) in [5, 5.41) is 9.26. The maximum atomic E-state index is 11.3. The number of hydrogen-bond acceptors (Lipinski definition) is 3. The Morgan fingerprint density at radius 1 is 1.14 bits per heavy atom. The quantitative estimate of drug-likeness (QED) is 0.847. The molecule has 0 bridgehead atoms. The summed E-state index contributed by atoms with van der Waals surface area (Å²) in [4.78, 5) is 11.3. The van der Waals surface area contributed by atoms with Crippen LogP contribution in [0.25, 0.3) is 0 Å². The predicted molar refractivity (Wildman–Crippen MR) is 86.9 cm³/mol. The van der Waals surface area contributed by atoms with Gasteiger partial charge in [-0.1, -0.05) is 31.2 Å². The third-order valence-electron chi connectivity index (χ3n) is 4.81. The van der Waals surface area contributed by atoms with E-state index < -0.39 is 24.3 Å². The fourth-order valence-electron chi connectivity index (χ4n) is 2.61. The van der Waals surface area contributed by atoms with Crippen molar-refractivity contribution in [2.75, 3.05) is 0 Å². The van der Waals surface area contributed by atoms with Crippen LogP contribution < -0.4 is 0 Å². The van der Waals surface area contributed by atoms with Gasteiger partial charge in [-0.3, -0.25) is 4.79 Å². The van der Waals surface area contributed by atoms with Crippen molar-refractivity contribution in [3.05, 3.63) is 35.4 Å². The minimum atomic E-state index is -0.848. The number of rotatable bonds is 5. The van der Waals surface area contributed by atoms with Gasteiger partial charge in [0.15, 0.2) is 0 Å². The molecule has 0 aromatic heterocycles. The predicted octanol–water partition coefficient (Wildman–Crippen LogP) is 3.44. The molecule has 4 nitrogen and oxygen atoms in total. The first-order valence-electron chi connectivity index (χ1n) is 7.82. The summed E-state index contributed by atoms with van der Waals surface area (Å²) >= 11 is 0. The summed E-state index contributed by atoms with van der Waals surface area (Å²) in [7, 11) is -0.548. The Bertz CT molecular complexity index is 520. The summed E-state index contributed by atoms with van der Waals surface area (Å²) in [5.74, 6) is -1.16. The molecule has 1 aliphatic rings. The molecule has 1 aliphatic heterocycles. The third kappa shape index (κ3) is 3.36. The second-order valence-electron chi connectivity index (χ2n) is 6.92. The lowest BCUT2D eigenvalue weighted by molar-refractivity contribution is -0.137. The molecule has 120 valence electrons. The average Bonchev–Trinajstić information content (AvgIpc) is 2.64. The highest BCUT2D eigenvalue weighted by Crippen LogP contribution is 2.41. The zero-order valence-corrected chi connectivity index (χ0v) is 14.1. The van der Waals surface area contributed by atoms with Crippen molar-refractivity contribution in [1.29, 1.82) is 0 Å². The largest absolute Gasteiger partial charge is 0.481 e. The molecule has 1 heterocycles. The third-order valence-corrected chi connectivity index (χ3v) is 4.81. The van der Waals surface area contributed by atoms with Crippen LogP contribution in [0.1, 0.15) is 58.0 Å². The van der Waals surface area contributed by atoms with Gasteiger partial charge in [-0.2, -0.15) is 0 Å².